The van der Waals surface area contributed by atoms with Gasteiger partial charge in [0.05, 0.1) is 5.69 Å². The highest BCUT2D eigenvalue weighted by Crippen LogP contribution is 2.30. The maximum atomic E-state index is 5.76. The average molecular weight is 179 g/mol. The Hall–Kier alpha value is -0.830. The number of fused-ring (bicyclic) bond motifs is 1. The smallest absolute Gasteiger partial charge is 0.105 e. The lowest BCUT2D eigenvalue weighted by Crippen LogP contribution is -2.20. The fourth-order valence-electron chi connectivity index (χ4n) is 2.27. The zero-order valence-electron chi connectivity index (χ0n) is 8.38. The first-order valence-corrected chi connectivity index (χ1v) is 4.96. The molecule has 0 radical (unpaired) electrons. The lowest BCUT2D eigenvalue weighted by molar-refractivity contribution is 0.527. The van der Waals surface area contributed by atoms with Crippen molar-refractivity contribution in [1.29, 1.82) is 0 Å². The van der Waals surface area contributed by atoms with Crippen molar-refractivity contribution in [3.05, 3.63) is 17.2 Å². The molecule has 0 saturated carbocycles. The maximum Gasteiger partial charge on any atom is 0.105 e. The Labute approximate surface area is 79.0 Å². The van der Waals surface area contributed by atoms with E-state index in [9.17, 15) is 0 Å². The van der Waals surface area contributed by atoms with E-state index in [0.29, 0.717) is 5.92 Å². The topological polar surface area (TPSA) is 43.8 Å². The molecule has 1 atom stereocenters. The van der Waals surface area contributed by atoms with E-state index in [4.69, 9.17) is 5.73 Å². The second kappa shape index (κ2) is 3.14. The summed E-state index contributed by atoms with van der Waals surface area (Å²) in [6, 6.07) is 0. The van der Waals surface area contributed by atoms with Gasteiger partial charge in [-0.2, -0.15) is 0 Å². The van der Waals surface area contributed by atoms with Crippen LogP contribution in [0.2, 0.25) is 0 Å². The molecule has 1 heterocycles. The standard InChI is InChI=1S/C10H17N3/c1-7-12-9-5-3-4-8(6-11)10(9)13(7)2/h8H,3-6,11H2,1-2H3. The Morgan fingerprint density at radius 2 is 2.38 bits per heavy atom. The molecular formula is C10H17N3. The van der Waals surface area contributed by atoms with E-state index in [-0.39, 0.29) is 0 Å². The van der Waals surface area contributed by atoms with Crippen LogP contribution in [-0.4, -0.2) is 16.1 Å². The zero-order valence-corrected chi connectivity index (χ0v) is 8.38. The highest BCUT2D eigenvalue weighted by atomic mass is 15.1. The quantitative estimate of drug-likeness (QED) is 0.701. The van der Waals surface area contributed by atoms with Crippen molar-refractivity contribution in [2.75, 3.05) is 6.54 Å². The second-order valence-electron chi connectivity index (χ2n) is 3.87. The summed E-state index contributed by atoms with van der Waals surface area (Å²) in [4.78, 5) is 4.56. The lowest BCUT2D eigenvalue weighted by atomic mass is 9.90. The summed E-state index contributed by atoms with van der Waals surface area (Å²) >= 11 is 0. The van der Waals surface area contributed by atoms with Gasteiger partial charge in [0.15, 0.2) is 0 Å². The van der Waals surface area contributed by atoms with Gasteiger partial charge in [-0.25, -0.2) is 4.98 Å². The number of aryl methyl sites for hydroxylation is 2. The molecule has 72 valence electrons. The number of hydrogen-bond donors (Lipinski definition) is 1. The van der Waals surface area contributed by atoms with E-state index in [0.717, 1.165) is 18.8 Å². The third-order valence-electron chi connectivity index (χ3n) is 3.08. The van der Waals surface area contributed by atoms with Crippen molar-refractivity contribution in [3.63, 3.8) is 0 Å². The van der Waals surface area contributed by atoms with Crippen LogP contribution in [0.1, 0.15) is 36.0 Å². The van der Waals surface area contributed by atoms with Gasteiger partial charge < -0.3 is 10.3 Å². The van der Waals surface area contributed by atoms with Crippen LogP contribution in [0, 0.1) is 6.92 Å². The van der Waals surface area contributed by atoms with Crippen LogP contribution < -0.4 is 5.73 Å². The van der Waals surface area contributed by atoms with E-state index in [1.165, 1.54) is 24.2 Å². The van der Waals surface area contributed by atoms with Gasteiger partial charge in [-0.15, -0.1) is 0 Å². The van der Waals surface area contributed by atoms with Gasteiger partial charge in [-0.05, 0) is 26.2 Å². The molecule has 0 aliphatic heterocycles. The number of aromatic nitrogens is 2. The first-order valence-electron chi connectivity index (χ1n) is 4.96. The summed E-state index contributed by atoms with van der Waals surface area (Å²) in [7, 11) is 2.09. The van der Waals surface area contributed by atoms with Crippen LogP contribution in [0.5, 0.6) is 0 Å². The number of imidazole rings is 1. The van der Waals surface area contributed by atoms with Crippen molar-refractivity contribution in [1.82, 2.24) is 9.55 Å². The molecule has 13 heavy (non-hydrogen) atoms. The zero-order chi connectivity index (χ0) is 9.42. The molecule has 0 amide bonds. The van der Waals surface area contributed by atoms with E-state index in [2.05, 4.69) is 23.5 Å². The molecular weight excluding hydrogens is 162 g/mol. The van der Waals surface area contributed by atoms with E-state index in [1.54, 1.807) is 0 Å². The second-order valence-corrected chi connectivity index (χ2v) is 3.87. The molecule has 3 heteroatoms. The maximum absolute atomic E-state index is 5.76. The molecule has 1 aromatic rings. The Morgan fingerprint density at radius 1 is 1.62 bits per heavy atom. The van der Waals surface area contributed by atoms with Crippen molar-refractivity contribution in [2.45, 2.75) is 32.1 Å². The lowest BCUT2D eigenvalue weighted by Gasteiger charge is -2.21. The fourth-order valence-corrected chi connectivity index (χ4v) is 2.27. The van der Waals surface area contributed by atoms with E-state index >= 15 is 0 Å². The summed E-state index contributed by atoms with van der Waals surface area (Å²) in [5.74, 6) is 1.65. The molecule has 1 unspecified atom stereocenters. The van der Waals surface area contributed by atoms with Gasteiger partial charge in [-0.1, -0.05) is 0 Å². The normalized spacial score (nSPS) is 21.6. The molecule has 0 saturated heterocycles. The molecule has 2 N–H and O–H groups in total. The summed E-state index contributed by atoms with van der Waals surface area (Å²) in [6.45, 7) is 2.82. The van der Waals surface area contributed by atoms with Gasteiger partial charge in [0.1, 0.15) is 5.82 Å². The predicted molar refractivity (Wildman–Crippen MR) is 52.7 cm³/mol. The van der Waals surface area contributed by atoms with Gasteiger partial charge in [-0.3, -0.25) is 0 Å². The molecule has 3 nitrogen and oxygen atoms in total. The number of nitrogens with two attached hydrogens (primary N) is 1. The van der Waals surface area contributed by atoms with Gasteiger partial charge in [0.25, 0.3) is 0 Å². The predicted octanol–water partition coefficient (Wildman–Crippen LogP) is 1.11. The third-order valence-corrected chi connectivity index (χ3v) is 3.08. The molecule has 1 aromatic heterocycles. The third kappa shape index (κ3) is 1.27. The van der Waals surface area contributed by atoms with Crippen molar-refractivity contribution < 1.29 is 0 Å². The summed E-state index contributed by atoms with van der Waals surface area (Å²) in [5, 5.41) is 0. The number of hydrogen-bond acceptors (Lipinski definition) is 2. The molecule has 0 spiro atoms. The highest BCUT2D eigenvalue weighted by Gasteiger charge is 2.24. The van der Waals surface area contributed by atoms with E-state index < -0.39 is 0 Å². The molecule has 0 fully saturated rings. The highest BCUT2D eigenvalue weighted by molar-refractivity contribution is 5.24. The Balaban J connectivity index is 2.47. The van der Waals surface area contributed by atoms with Crippen LogP contribution in [0.3, 0.4) is 0 Å². The molecule has 2 rings (SSSR count). The van der Waals surface area contributed by atoms with Crippen molar-refractivity contribution in [3.8, 4) is 0 Å². The van der Waals surface area contributed by atoms with E-state index in [1.807, 2.05) is 0 Å². The summed E-state index contributed by atoms with van der Waals surface area (Å²) in [5.41, 5.74) is 8.42. The minimum absolute atomic E-state index is 0.537. The van der Waals surface area contributed by atoms with Crippen molar-refractivity contribution >= 4 is 0 Å². The molecule has 1 aliphatic rings. The summed E-state index contributed by atoms with van der Waals surface area (Å²) in [6.07, 6.45) is 3.60. The average Bonchev–Trinajstić information content (AvgIpc) is 2.43. The Kier molecular flexibility index (Phi) is 2.12. The molecule has 1 aliphatic carbocycles. The van der Waals surface area contributed by atoms with Gasteiger partial charge in [0.2, 0.25) is 0 Å². The number of nitrogens with zero attached hydrogens (tertiary/aromatic N) is 2. The van der Waals surface area contributed by atoms with Crippen LogP contribution in [0.25, 0.3) is 0 Å². The Bertz CT molecular complexity index is 314. The van der Waals surface area contributed by atoms with Crippen molar-refractivity contribution in [2.24, 2.45) is 12.8 Å². The fraction of sp³-hybridized carbons (Fsp3) is 0.700. The first-order chi connectivity index (χ1) is 6.24. The first kappa shape index (κ1) is 8.75. The number of rotatable bonds is 1. The Morgan fingerprint density at radius 3 is 3.08 bits per heavy atom. The minimum atomic E-state index is 0.537. The van der Waals surface area contributed by atoms with Gasteiger partial charge in [0, 0.05) is 25.2 Å². The van der Waals surface area contributed by atoms with Crippen LogP contribution in [0.15, 0.2) is 0 Å². The monoisotopic (exact) mass is 179 g/mol. The van der Waals surface area contributed by atoms with Gasteiger partial charge >= 0.3 is 0 Å². The minimum Gasteiger partial charge on any atom is -0.335 e. The summed E-state index contributed by atoms with van der Waals surface area (Å²) < 4.78 is 2.20. The molecule has 0 aromatic carbocycles. The van der Waals surface area contributed by atoms with Crippen LogP contribution >= 0.6 is 0 Å². The molecule has 0 bridgehead atoms. The van der Waals surface area contributed by atoms with Crippen LogP contribution in [0.4, 0.5) is 0 Å². The van der Waals surface area contributed by atoms with Crippen LogP contribution in [-0.2, 0) is 13.5 Å². The largest absolute Gasteiger partial charge is 0.335 e. The SMILES string of the molecule is Cc1nc2c(n1C)C(CN)CCC2.